The van der Waals surface area contributed by atoms with Crippen LogP contribution in [-0.2, 0) is 12.0 Å². The summed E-state index contributed by atoms with van der Waals surface area (Å²) in [5, 5.41) is 15.3. The summed E-state index contributed by atoms with van der Waals surface area (Å²) < 4.78 is 19.6. The molecule has 202 valence electrons. The van der Waals surface area contributed by atoms with Crippen molar-refractivity contribution < 1.29 is 13.6 Å². The van der Waals surface area contributed by atoms with Crippen molar-refractivity contribution in [3.63, 3.8) is 0 Å². The van der Waals surface area contributed by atoms with E-state index in [0.717, 1.165) is 27.8 Å². The second-order valence-corrected chi connectivity index (χ2v) is 11.3. The normalized spacial score (nSPS) is 11.8. The Hall–Kier alpha value is -4.36. The van der Waals surface area contributed by atoms with Crippen LogP contribution < -0.4 is 4.74 Å². The van der Waals surface area contributed by atoms with Crippen LogP contribution in [0.3, 0.4) is 0 Å². The number of ether oxygens (including phenoxy) is 1. The molecule has 6 aromatic rings. The van der Waals surface area contributed by atoms with E-state index in [0.29, 0.717) is 46.1 Å². The Morgan fingerprint density at radius 1 is 0.875 bits per heavy atom. The molecule has 0 unspecified atom stereocenters. The van der Waals surface area contributed by atoms with Gasteiger partial charge in [-0.25, -0.2) is 0 Å². The summed E-state index contributed by atoms with van der Waals surface area (Å²) in [5.41, 5.74) is 6.51. The molecule has 0 aliphatic heterocycles. The van der Waals surface area contributed by atoms with Gasteiger partial charge in [-0.15, -0.1) is 10.2 Å². The standard InChI is InChI=1S/C32H29ClN4O3/c1-19-25-15-14-24(38-5)16-28(25)39-29(19)31-35-34-30(40-31)27-17-26(21-8-12-23(33)13-9-21)36-37(27)18-20-6-10-22(11-7-20)32(2,3)4/h6-17H,18H2,1-5H3. The molecule has 0 aliphatic rings. The first-order valence-corrected chi connectivity index (χ1v) is 13.4. The third kappa shape index (κ3) is 4.89. The van der Waals surface area contributed by atoms with Crippen LogP contribution in [-0.4, -0.2) is 27.1 Å². The summed E-state index contributed by atoms with van der Waals surface area (Å²) in [6.45, 7) is 9.13. The Balaban J connectivity index is 1.40. The fraction of sp³-hybridized carbons (Fsp3) is 0.219. The van der Waals surface area contributed by atoms with Gasteiger partial charge in [-0.2, -0.15) is 5.10 Å². The van der Waals surface area contributed by atoms with Gasteiger partial charge >= 0.3 is 0 Å². The van der Waals surface area contributed by atoms with Crippen molar-refractivity contribution >= 4 is 22.6 Å². The minimum atomic E-state index is 0.0806. The molecule has 0 saturated carbocycles. The zero-order valence-corrected chi connectivity index (χ0v) is 23.8. The monoisotopic (exact) mass is 552 g/mol. The van der Waals surface area contributed by atoms with E-state index in [-0.39, 0.29) is 5.41 Å². The summed E-state index contributed by atoms with van der Waals surface area (Å²) in [6.07, 6.45) is 0. The molecule has 3 aromatic carbocycles. The number of hydrogen-bond acceptors (Lipinski definition) is 6. The number of aryl methyl sites for hydroxylation is 1. The second kappa shape index (κ2) is 9.99. The van der Waals surface area contributed by atoms with Gasteiger partial charge in [-0.05, 0) is 53.8 Å². The predicted molar refractivity (Wildman–Crippen MR) is 157 cm³/mol. The maximum atomic E-state index is 6.20. The highest BCUT2D eigenvalue weighted by molar-refractivity contribution is 6.30. The van der Waals surface area contributed by atoms with E-state index in [1.807, 2.05) is 60.1 Å². The van der Waals surface area contributed by atoms with Crippen molar-refractivity contribution in [3.05, 3.63) is 94.5 Å². The molecule has 0 aliphatic carbocycles. The van der Waals surface area contributed by atoms with Gasteiger partial charge in [0.1, 0.15) is 17.0 Å². The molecule has 0 bridgehead atoms. The molecule has 0 fully saturated rings. The molecule has 0 N–H and O–H groups in total. The summed E-state index contributed by atoms with van der Waals surface area (Å²) in [4.78, 5) is 0. The highest BCUT2D eigenvalue weighted by Gasteiger charge is 2.22. The van der Waals surface area contributed by atoms with E-state index in [4.69, 9.17) is 30.3 Å². The number of hydrogen-bond donors (Lipinski definition) is 0. The largest absolute Gasteiger partial charge is 0.497 e. The van der Waals surface area contributed by atoms with Gasteiger partial charge in [0.2, 0.25) is 0 Å². The molecule has 3 aromatic heterocycles. The van der Waals surface area contributed by atoms with Gasteiger partial charge in [0.25, 0.3) is 11.8 Å². The average molecular weight is 553 g/mol. The van der Waals surface area contributed by atoms with Gasteiger partial charge in [-0.1, -0.05) is 68.8 Å². The lowest BCUT2D eigenvalue weighted by Gasteiger charge is -2.19. The van der Waals surface area contributed by atoms with Crippen molar-refractivity contribution in [2.75, 3.05) is 7.11 Å². The molecule has 6 rings (SSSR count). The fourth-order valence-corrected chi connectivity index (χ4v) is 4.84. The number of fused-ring (bicyclic) bond motifs is 1. The molecular weight excluding hydrogens is 524 g/mol. The smallest absolute Gasteiger partial charge is 0.284 e. The lowest BCUT2D eigenvalue weighted by atomic mass is 9.87. The first-order valence-electron chi connectivity index (χ1n) is 13.0. The van der Waals surface area contributed by atoms with E-state index >= 15 is 0 Å². The van der Waals surface area contributed by atoms with Crippen molar-refractivity contribution in [1.29, 1.82) is 0 Å². The number of aromatic nitrogens is 4. The van der Waals surface area contributed by atoms with Crippen LogP contribution in [0.1, 0.15) is 37.5 Å². The topological polar surface area (TPSA) is 79.1 Å². The summed E-state index contributed by atoms with van der Waals surface area (Å²) in [5.74, 6) is 1.90. The van der Waals surface area contributed by atoms with Crippen molar-refractivity contribution in [2.45, 2.75) is 39.7 Å². The number of benzene rings is 3. The quantitative estimate of drug-likeness (QED) is 0.207. The second-order valence-electron chi connectivity index (χ2n) is 10.9. The van der Waals surface area contributed by atoms with E-state index in [1.165, 1.54) is 5.56 Å². The zero-order valence-electron chi connectivity index (χ0n) is 23.0. The van der Waals surface area contributed by atoms with Gasteiger partial charge in [0.05, 0.1) is 19.3 Å². The van der Waals surface area contributed by atoms with Crippen LogP contribution in [0.2, 0.25) is 5.02 Å². The average Bonchev–Trinajstić information content (AvgIpc) is 3.66. The number of halogens is 1. The van der Waals surface area contributed by atoms with E-state index in [2.05, 4.69) is 55.2 Å². The van der Waals surface area contributed by atoms with Crippen LogP contribution >= 0.6 is 11.6 Å². The Morgan fingerprint density at radius 3 is 2.30 bits per heavy atom. The van der Waals surface area contributed by atoms with Crippen LogP contribution in [0, 0.1) is 6.92 Å². The number of nitrogens with zero attached hydrogens (tertiary/aromatic N) is 4. The Labute approximate surface area is 237 Å². The molecule has 7 nitrogen and oxygen atoms in total. The zero-order chi connectivity index (χ0) is 28.0. The Bertz CT molecular complexity index is 1810. The molecule has 40 heavy (non-hydrogen) atoms. The Kier molecular flexibility index (Phi) is 6.47. The third-order valence-electron chi connectivity index (χ3n) is 7.06. The van der Waals surface area contributed by atoms with Gasteiger partial charge in [-0.3, -0.25) is 4.68 Å². The van der Waals surface area contributed by atoms with E-state index < -0.39 is 0 Å². The molecular formula is C32H29ClN4O3. The van der Waals surface area contributed by atoms with E-state index in [1.54, 1.807) is 7.11 Å². The third-order valence-corrected chi connectivity index (χ3v) is 7.31. The maximum Gasteiger partial charge on any atom is 0.284 e. The number of methoxy groups -OCH3 is 1. The lowest BCUT2D eigenvalue weighted by Crippen LogP contribution is -2.11. The van der Waals surface area contributed by atoms with Crippen LogP contribution in [0.15, 0.2) is 81.6 Å². The maximum absolute atomic E-state index is 6.20. The Morgan fingerprint density at radius 2 is 1.60 bits per heavy atom. The highest BCUT2D eigenvalue weighted by atomic mass is 35.5. The molecule has 0 radical (unpaired) electrons. The van der Waals surface area contributed by atoms with Crippen LogP contribution in [0.5, 0.6) is 5.75 Å². The highest BCUT2D eigenvalue weighted by Crippen LogP contribution is 2.36. The predicted octanol–water partition coefficient (Wildman–Crippen LogP) is 8.33. The summed E-state index contributed by atoms with van der Waals surface area (Å²) in [6, 6.07) is 23.9. The van der Waals surface area contributed by atoms with Gasteiger partial charge in [0.15, 0.2) is 5.76 Å². The van der Waals surface area contributed by atoms with Gasteiger partial charge in [0, 0.05) is 27.6 Å². The fourth-order valence-electron chi connectivity index (χ4n) is 4.71. The minimum absolute atomic E-state index is 0.0806. The van der Waals surface area contributed by atoms with Crippen molar-refractivity contribution in [2.24, 2.45) is 0 Å². The molecule has 0 amide bonds. The molecule has 8 heteroatoms. The first kappa shape index (κ1) is 25.9. The lowest BCUT2D eigenvalue weighted by molar-refractivity contribution is 0.414. The van der Waals surface area contributed by atoms with Crippen molar-refractivity contribution in [1.82, 2.24) is 20.0 Å². The first-order chi connectivity index (χ1) is 19.2. The summed E-state index contributed by atoms with van der Waals surface area (Å²) >= 11 is 6.13. The molecule has 3 heterocycles. The molecule has 0 atom stereocenters. The summed E-state index contributed by atoms with van der Waals surface area (Å²) in [7, 11) is 1.63. The van der Waals surface area contributed by atoms with Crippen LogP contribution in [0.25, 0.3) is 45.5 Å². The number of furan rings is 1. The van der Waals surface area contributed by atoms with Crippen LogP contribution in [0.4, 0.5) is 0 Å². The minimum Gasteiger partial charge on any atom is -0.497 e. The molecule has 0 spiro atoms. The SMILES string of the molecule is COc1ccc2c(C)c(-c3nnc(-c4cc(-c5ccc(Cl)cc5)nn4Cc4ccc(C(C)(C)C)cc4)o3)oc2c1. The number of rotatable bonds is 6. The van der Waals surface area contributed by atoms with Crippen molar-refractivity contribution in [3.8, 4) is 40.2 Å². The molecule has 0 saturated heterocycles. The van der Waals surface area contributed by atoms with E-state index in [9.17, 15) is 0 Å². The van der Waals surface area contributed by atoms with Gasteiger partial charge < -0.3 is 13.6 Å².